The van der Waals surface area contributed by atoms with Crippen molar-refractivity contribution in [1.82, 2.24) is 5.32 Å². The van der Waals surface area contributed by atoms with Gasteiger partial charge in [-0.3, -0.25) is 0 Å². The third kappa shape index (κ3) is 3.58. The lowest BCUT2D eigenvalue weighted by Gasteiger charge is -2.02. The molecule has 0 fully saturated rings. The lowest BCUT2D eigenvalue weighted by molar-refractivity contribution is 0.144. The topological polar surface area (TPSA) is 34.4 Å². The number of para-hydroxylation sites is 1. The number of ether oxygens (including phenoxy) is 1. The van der Waals surface area contributed by atoms with E-state index in [1.807, 2.05) is 25.1 Å². The maximum atomic E-state index is 5.70. The standard InChI is InChI=1S/C14H19NO2/c1-2-16-9-5-8-15-11-13-10-12-6-3-4-7-14(12)17-13/h3-4,6-7,10,15H,2,5,8-9,11H2,1H3. The molecule has 0 unspecified atom stereocenters. The molecule has 17 heavy (non-hydrogen) atoms. The minimum absolute atomic E-state index is 0.779. The van der Waals surface area contributed by atoms with E-state index in [9.17, 15) is 0 Å². The maximum Gasteiger partial charge on any atom is 0.134 e. The van der Waals surface area contributed by atoms with Crippen LogP contribution in [0.15, 0.2) is 34.7 Å². The Morgan fingerprint density at radius 3 is 3.00 bits per heavy atom. The SMILES string of the molecule is CCOCCCNCc1cc2ccccc2o1. The summed E-state index contributed by atoms with van der Waals surface area (Å²) in [5.41, 5.74) is 0.957. The average Bonchev–Trinajstić information content (AvgIpc) is 2.76. The number of rotatable bonds is 7. The third-order valence-electron chi connectivity index (χ3n) is 2.62. The van der Waals surface area contributed by atoms with E-state index in [-0.39, 0.29) is 0 Å². The van der Waals surface area contributed by atoms with Crippen molar-refractivity contribution in [3.63, 3.8) is 0 Å². The molecular weight excluding hydrogens is 214 g/mol. The molecule has 0 radical (unpaired) electrons. The first kappa shape index (κ1) is 12.1. The van der Waals surface area contributed by atoms with Crippen LogP contribution in [0.3, 0.4) is 0 Å². The van der Waals surface area contributed by atoms with Crippen LogP contribution < -0.4 is 5.32 Å². The molecule has 1 N–H and O–H groups in total. The first-order valence-corrected chi connectivity index (χ1v) is 6.16. The molecule has 3 heteroatoms. The van der Waals surface area contributed by atoms with Crippen LogP contribution in [0.1, 0.15) is 19.1 Å². The lowest BCUT2D eigenvalue weighted by atomic mass is 10.2. The number of benzene rings is 1. The lowest BCUT2D eigenvalue weighted by Crippen LogP contribution is -2.15. The van der Waals surface area contributed by atoms with Crippen molar-refractivity contribution in [2.75, 3.05) is 19.8 Å². The molecule has 2 aromatic rings. The zero-order chi connectivity index (χ0) is 11.9. The van der Waals surface area contributed by atoms with Gasteiger partial charge in [0.05, 0.1) is 6.54 Å². The van der Waals surface area contributed by atoms with E-state index in [2.05, 4.69) is 17.4 Å². The predicted molar refractivity (Wildman–Crippen MR) is 69.0 cm³/mol. The molecule has 1 aromatic carbocycles. The van der Waals surface area contributed by atoms with E-state index < -0.39 is 0 Å². The Labute approximate surface area is 102 Å². The Kier molecular flexibility index (Phi) is 4.59. The highest BCUT2D eigenvalue weighted by molar-refractivity contribution is 5.77. The van der Waals surface area contributed by atoms with Gasteiger partial charge in [-0.15, -0.1) is 0 Å². The molecule has 0 aliphatic rings. The van der Waals surface area contributed by atoms with Crippen molar-refractivity contribution in [3.05, 3.63) is 36.1 Å². The molecule has 1 heterocycles. The summed E-state index contributed by atoms with van der Waals surface area (Å²) in [5.74, 6) is 0.989. The Balaban J connectivity index is 1.75. The van der Waals surface area contributed by atoms with Crippen molar-refractivity contribution >= 4 is 11.0 Å². The fourth-order valence-corrected chi connectivity index (χ4v) is 1.78. The largest absolute Gasteiger partial charge is 0.460 e. The highest BCUT2D eigenvalue weighted by Gasteiger charge is 2.01. The van der Waals surface area contributed by atoms with Crippen LogP contribution in [-0.2, 0) is 11.3 Å². The number of furan rings is 1. The molecular formula is C14H19NO2. The minimum Gasteiger partial charge on any atom is -0.460 e. The van der Waals surface area contributed by atoms with E-state index in [1.54, 1.807) is 0 Å². The first-order chi connectivity index (χ1) is 8.40. The van der Waals surface area contributed by atoms with Crippen LogP contribution in [0.4, 0.5) is 0 Å². The zero-order valence-corrected chi connectivity index (χ0v) is 10.2. The second-order valence-electron chi connectivity index (χ2n) is 3.98. The predicted octanol–water partition coefficient (Wildman–Crippen LogP) is 2.95. The van der Waals surface area contributed by atoms with Gasteiger partial charge in [-0.1, -0.05) is 18.2 Å². The summed E-state index contributed by atoms with van der Waals surface area (Å²) in [5, 5.41) is 4.51. The van der Waals surface area contributed by atoms with E-state index in [0.717, 1.165) is 44.1 Å². The highest BCUT2D eigenvalue weighted by Crippen LogP contribution is 2.18. The Morgan fingerprint density at radius 1 is 1.29 bits per heavy atom. The normalized spacial score (nSPS) is 11.1. The van der Waals surface area contributed by atoms with Crippen molar-refractivity contribution in [1.29, 1.82) is 0 Å². The summed E-state index contributed by atoms with van der Waals surface area (Å²) in [4.78, 5) is 0. The van der Waals surface area contributed by atoms with Crippen LogP contribution in [0.5, 0.6) is 0 Å². The molecule has 1 aromatic heterocycles. The van der Waals surface area contributed by atoms with Gasteiger partial charge in [0.25, 0.3) is 0 Å². The molecule has 2 rings (SSSR count). The zero-order valence-electron chi connectivity index (χ0n) is 10.2. The van der Waals surface area contributed by atoms with Gasteiger partial charge in [-0.05, 0) is 32.0 Å². The van der Waals surface area contributed by atoms with Crippen LogP contribution in [0.2, 0.25) is 0 Å². The minimum atomic E-state index is 0.779. The fraction of sp³-hybridized carbons (Fsp3) is 0.429. The average molecular weight is 233 g/mol. The van der Waals surface area contributed by atoms with Crippen molar-refractivity contribution in [2.45, 2.75) is 19.9 Å². The summed E-state index contributed by atoms with van der Waals surface area (Å²) in [6.07, 6.45) is 1.04. The number of nitrogens with one attached hydrogen (secondary N) is 1. The van der Waals surface area contributed by atoms with Crippen LogP contribution >= 0.6 is 0 Å². The van der Waals surface area contributed by atoms with E-state index >= 15 is 0 Å². The van der Waals surface area contributed by atoms with Crippen molar-refractivity contribution < 1.29 is 9.15 Å². The summed E-state index contributed by atoms with van der Waals surface area (Å²) in [6, 6.07) is 10.2. The molecule has 3 nitrogen and oxygen atoms in total. The number of hydrogen-bond acceptors (Lipinski definition) is 3. The van der Waals surface area contributed by atoms with Gasteiger partial charge in [0.1, 0.15) is 11.3 Å². The van der Waals surface area contributed by atoms with E-state index in [4.69, 9.17) is 9.15 Å². The van der Waals surface area contributed by atoms with Gasteiger partial charge >= 0.3 is 0 Å². The van der Waals surface area contributed by atoms with Crippen LogP contribution in [0.25, 0.3) is 11.0 Å². The molecule has 0 aliphatic heterocycles. The Bertz CT molecular complexity index is 417. The Morgan fingerprint density at radius 2 is 2.18 bits per heavy atom. The molecule has 0 amide bonds. The fourth-order valence-electron chi connectivity index (χ4n) is 1.78. The molecule has 0 spiro atoms. The molecule has 0 saturated heterocycles. The molecule has 0 saturated carbocycles. The van der Waals surface area contributed by atoms with E-state index in [1.165, 1.54) is 5.39 Å². The van der Waals surface area contributed by atoms with Gasteiger partial charge in [0.15, 0.2) is 0 Å². The second kappa shape index (κ2) is 6.42. The van der Waals surface area contributed by atoms with Crippen molar-refractivity contribution in [2.24, 2.45) is 0 Å². The number of fused-ring (bicyclic) bond motifs is 1. The van der Waals surface area contributed by atoms with Gasteiger partial charge in [0, 0.05) is 18.6 Å². The Hall–Kier alpha value is -1.32. The quantitative estimate of drug-likeness (QED) is 0.747. The van der Waals surface area contributed by atoms with Gasteiger partial charge < -0.3 is 14.5 Å². The summed E-state index contributed by atoms with van der Waals surface area (Å²) < 4.78 is 11.0. The first-order valence-electron chi connectivity index (χ1n) is 6.16. The summed E-state index contributed by atoms with van der Waals surface area (Å²) in [7, 11) is 0. The van der Waals surface area contributed by atoms with Gasteiger partial charge in [-0.25, -0.2) is 0 Å². The third-order valence-corrected chi connectivity index (χ3v) is 2.62. The van der Waals surface area contributed by atoms with E-state index in [0.29, 0.717) is 0 Å². The summed E-state index contributed by atoms with van der Waals surface area (Å²) >= 11 is 0. The highest BCUT2D eigenvalue weighted by atomic mass is 16.5. The smallest absolute Gasteiger partial charge is 0.134 e. The molecule has 0 bridgehead atoms. The van der Waals surface area contributed by atoms with Crippen molar-refractivity contribution in [3.8, 4) is 0 Å². The van der Waals surface area contributed by atoms with Crippen LogP contribution in [0, 0.1) is 0 Å². The molecule has 0 aliphatic carbocycles. The second-order valence-corrected chi connectivity index (χ2v) is 3.98. The van der Waals surface area contributed by atoms with Gasteiger partial charge in [0.2, 0.25) is 0 Å². The maximum absolute atomic E-state index is 5.70. The van der Waals surface area contributed by atoms with Crippen LogP contribution in [-0.4, -0.2) is 19.8 Å². The van der Waals surface area contributed by atoms with Gasteiger partial charge in [-0.2, -0.15) is 0 Å². The molecule has 0 atom stereocenters. The molecule has 92 valence electrons. The summed E-state index contributed by atoms with van der Waals surface area (Å²) in [6.45, 7) is 5.37. The monoisotopic (exact) mass is 233 g/mol. The number of hydrogen-bond donors (Lipinski definition) is 1.